The minimum Gasteiger partial charge on any atom is -0.332 e. The standard InChI is InChI=1S/C50H39N5/c1-4-13-39(31-52)49-34(3)54(48-27-24-35(30-51)28-46(48)49)41-18-11-14-36(25-26-41)37-15-10-16-38(29-37)43-22-12-17-40(32-53)50(43)55-33(2)42-19-6-5-7-20-44(42)45-21-8-9-23-47(45)55/h4,7-18,20-25,27-29,33H,1,5-6,19,26H2,2-3H3/b39-13-/t33-/m1/s1. The molecule has 0 saturated heterocycles. The average Bonchev–Trinajstić information content (AvgIpc) is 3.46. The van der Waals surface area contributed by atoms with E-state index in [1.807, 2.05) is 37.3 Å². The van der Waals surface area contributed by atoms with Crippen LogP contribution in [0.1, 0.15) is 66.1 Å². The molecule has 8 rings (SSSR count). The minimum absolute atomic E-state index is 0.0813. The van der Waals surface area contributed by atoms with Crippen molar-refractivity contribution in [1.82, 2.24) is 4.57 Å². The first kappa shape index (κ1) is 34.9. The molecule has 0 fully saturated rings. The van der Waals surface area contributed by atoms with Crippen molar-refractivity contribution in [2.75, 3.05) is 4.90 Å². The predicted molar refractivity (Wildman–Crippen MR) is 226 cm³/mol. The van der Waals surface area contributed by atoms with Gasteiger partial charge in [-0.2, -0.15) is 15.8 Å². The maximum absolute atomic E-state index is 10.6. The van der Waals surface area contributed by atoms with Gasteiger partial charge in [-0.15, -0.1) is 0 Å². The molecule has 5 heteroatoms. The minimum atomic E-state index is 0.0813. The molecule has 0 saturated carbocycles. The number of rotatable bonds is 6. The van der Waals surface area contributed by atoms with Gasteiger partial charge in [0.1, 0.15) is 6.07 Å². The number of fused-ring (bicyclic) bond motifs is 3. The van der Waals surface area contributed by atoms with Gasteiger partial charge >= 0.3 is 0 Å². The predicted octanol–water partition coefficient (Wildman–Crippen LogP) is 12.4. The van der Waals surface area contributed by atoms with Crippen LogP contribution in [0.4, 0.5) is 11.4 Å². The van der Waals surface area contributed by atoms with Crippen molar-refractivity contribution in [2.45, 2.75) is 45.6 Å². The highest BCUT2D eigenvalue weighted by Gasteiger charge is 2.33. The Labute approximate surface area is 323 Å². The summed E-state index contributed by atoms with van der Waals surface area (Å²) in [6.45, 7) is 8.13. The number of hydrogen-bond donors (Lipinski definition) is 0. The van der Waals surface area contributed by atoms with Crippen molar-refractivity contribution in [3.8, 4) is 29.3 Å². The van der Waals surface area contributed by atoms with Crippen LogP contribution >= 0.6 is 0 Å². The molecule has 0 unspecified atom stereocenters. The summed E-state index contributed by atoms with van der Waals surface area (Å²) in [4.78, 5) is 2.40. The molecule has 55 heavy (non-hydrogen) atoms. The molecule has 2 heterocycles. The van der Waals surface area contributed by atoms with Crippen molar-refractivity contribution in [3.05, 3.63) is 179 Å². The maximum atomic E-state index is 10.6. The number of hydrogen-bond acceptors (Lipinski definition) is 4. The second-order valence-corrected chi connectivity index (χ2v) is 14.1. The molecule has 5 aromatic rings. The second kappa shape index (κ2) is 14.7. The average molecular weight is 710 g/mol. The smallest absolute Gasteiger partial charge is 0.101 e. The van der Waals surface area contributed by atoms with E-state index in [-0.39, 0.29) is 6.04 Å². The Balaban J connectivity index is 1.19. The molecule has 4 aromatic carbocycles. The molecule has 0 N–H and O–H groups in total. The van der Waals surface area contributed by atoms with Crippen LogP contribution < -0.4 is 4.90 Å². The van der Waals surface area contributed by atoms with Crippen molar-refractivity contribution in [2.24, 2.45) is 0 Å². The highest BCUT2D eigenvalue weighted by atomic mass is 15.2. The first-order valence-electron chi connectivity index (χ1n) is 18.8. The SMILES string of the molecule is C=C/C=C(/C#N)c1c(C)n(C2=CC=CC(c3cccc(-c4cccc(C#N)c4N4c5ccccc5C5=C(CCCC=C5)[C@H]4C)c3)=CC2)c2ccc(C#N)cc12. The van der Waals surface area contributed by atoms with Gasteiger partial charge in [-0.1, -0.05) is 91.6 Å². The zero-order valence-electron chi connectivity index (χ0n) is 31.1. The van der Waals surface area contributed by atoms with Crippen LogP contribution in [0.3, 0.4) is 0 Å². The number of para-hydroxylation sites is 2. The lowest BCUT2D eigenvalue weighted by Gasteiger charge is -2.41. The van der Waals surface area contributed by atoms with E-state index in [0.29, 0.717) is 23.1 Å². The van der Waals surface area contributed by atoms with Gasteiger partial charge in [-0.05, 0) is 110 Å². The molecular formula is C50H39N5. The summed E-state index contributed by atoms with van der Waals surface area (Å²) in [6.07, 6.45) is 20.4. The summed E-state index contributed by atoms with van der Waals surface area (Å²) < 4.78 is 2.20. The van der Waals surface area contributed by atoms with E-state index in [9.17, 15) is 15.8 Å². The van der Waals surface area contributed by atoms with Gasteiger partial charge in [-0.25, -0.2) is 0 Å². The fraction of sp³-hybridized carbons (Fsp3) is 0.140. The Kier molecular flexibility index (Phi) is 9.34. The first-order valence-corrected chi connectivity index (χ1v) is 18.8. The molecule has 5 nitrogen and oxygen atoms in total. The highest BCUT2D eigenvalue weighted by Crippen LogP contribution is 2.49. The number of benzene rings is 4. The topological polar surface area (TPSA) is 79.5 Å². The molecule has 2 aliphatic carbocycles. The van der Waals surface area contributed by atoms with Gasteiger partial charge in [0.2, 0.25) is 0 Å². The van der Waals surface area contributed by atoms with E-state index in [2.05, 4.69) is 132 Å². The van der Waals surface area contributed by atoms with E-state index < -0.39 is 0 Å². The lowest BCUT2D eigenvalue weighted by Crippen LogP contribution is -2.35. The summed E-state index contributed by atoms with van der Waals surface area (Å²) in [7, 11) is 0. The van der Waals surface area contributed by atoms with Crippen LogP contribution in [-0.4, -0.2) is 10.6 Å². The lowest BCUT2D eigenvalue weighted by molar-refractivity contribution is 0.724. The van der Waals surface area contributed by atoms with E-state index in [0.717, 1.165) is 80.8 Å². The van der Waals surface area contributed by atoms with Gasteiger partial charge in [0, 0.05) is 45.6 Å². The highest BCUT2D eigenvalue weighted by molar-refractivity contribution is 6.01. The third-order valence-electron chi connectivity index (χ3n) is 11.1. The van der Waals surface area contributed by atoms with Crippen molar-refractivity contribution in [1.29, 1.82) is 15.8 Å². The van der Waals surface area contributed by atoms with Gasteiger partial charge < -0.3 is 9.47 Å². The monoisotopic (exact) mass is 709 g/mol. The van der Waals surface area contributed by atoms with Crippen molar-refractivity contribution in [3.63, 3.8) is 0 Å². The third-order valence-corrected chi connectivity index (χ3v) is 11.1. The molecule has 0 radical (unpaired) electrons. The van der Waals surface area contributed by atoms with Crippen LogP contribution in [-0.2, 0) is 0 Å². The number of anilines is 2. The largest absolute Gasteiger partial charge is 0.332 e. The number of aromatic nitrogens is 1. The van der Waals surface area contributed by atoms with Crippen molar-refractivity contribution >= 4 is 44.7 Å². The molecule has 1 atom stereocenters. The Morgan fingerprint density at radius 1 is 0.891 bits per heavy atom. The van der Waals surface area contributed by atoms with Crippen molar-refractivity contribution < 1.29 is 0 Å². The fourth-order valence-corrected chi connectivity index (χ4v) is 8.62. The van der Waals surface area contributed by atoms with E-state index in [4.69, 9.17) is 0 Å². The van der Waals surface area contributed by atoms with Crippen LogP contribution in [0.2, 0.25) is 0 Å². The summed E-state index contributed by atoms with van der Waals surface area (Å²) in [5.41, 5.74) is 15.7. The van der Waals surface area contributed by atoms with Crippen LogP contribution in [0.15, 0.2) is 146 Å². The summed E-state index contributed by atoms with van der Waals surface area (Å²) >= 11 is 0. The third kappa shape index (κ3) is 6.05. The zero-order valence-corrected chi connectivity index (χ0v) is 31.1. The van der Waals surface area contributed by atoms with Gasteiger partial charge in [0.15, 0.2) is 0 Å². The molecular weight excluding hydrogens is 671 g/mol. The summed E-state index contributed by atoms with van der Waals surface area (Å²) in [5.74, 6) is 0. The molecule has 3 aliphatic rings. The molecule has 0 bridgehead atoms. The molecule has 1 aliphatic heterocycles. The van der Waals surface area contributed by atoms with Gasteiger partial charge in [0.05, 0.1) is 46.1 Å². The molecule has 0 amide bonds. The van der Waals surface area contributed by atoms with Crippen LogP contribution in [0, 0.1) is 40.9 Å². The Morgan fingerprint density at radius 2 is 1.71 bits per heavy atom. The number of nitrogens with zero attached hydrogens (tertiary/aromatic N) is 5. The number of allylic oxidation sites excluding steroid dienone is 12. The molecule has 264 valence electrons. The van der Waals surface area contributed by atoms with Gasteiger partial charge in [-0.3, -0.25) is 0 Å². The van der Waals surface area contributed by atoms with Crippen LogP contribution in [0.5, 0.6) is 0 Å². The first-order chi connectivity index (χ1) is 27.0. The van der Waals surface area contributed by atoms with Gasteiger partial charge in [0.25, 0.3) is 0 Å². The molecule has 1 aromatic heterocycles. The molecule has 0 spiro atoms. The normalized spacial score (nSPS) is 16.5. The van der Waals surface area contributed by atoms with E-state index in [1.54, 1.807) is 12.2 Å². The quantitative estimate of drug-likeness (QED) is 0.130. The zero-order chi connectivity index (χ0) is 38.1. The Hall–Kier alpha value is -7.13. The summed E-state index contributed by atoms with van der Waals surface area (Å²) in [5, 5.41) is 31.2. The summed E-state index contributed by atoms with van der Waals surface area (Å²) in [6, 6.07) is 36.2. The fourth-order valence-electron chi connectivity index (χ4n) is 8.62. The Morgan fingerprint density at radius 3 is 2.53 bits per heavy atom. The van der Waals surface area contributed by atoms with Crippen LogP contribution in [0.25, 0.3) is 44.4 Å². The lowest BCUT2D eigenvalue weighted by atomic mass is 9.85. The van der Waals surface area contributed by atoms with E-state index >= 15 is 0 Å². The maximum Gasteiger partial charge on any atom is 0.101 e. The second-order valence-electron chi connectivity index (χ2n) is 14.1. The Bertz CT molecular complexity index is 2740. The number of nitriles is 3. The van der Waals surface area contributed by atoms with E-state index in [1.165, 1.54) is 16.7 Å².